The number of hydrogen-bond acceptors (Lipinski definition) is 3. The lowest BCUT2D eigenvalue weighted by atomic mass is 10.2. The van der Waals surface area contributed by atoms with Gasteiger partial charge in [-0.05, 0) is 18.2 Å². The zero-order chi connectivity index (χ0) is 12.1. The molecule has 0 amide bonds. The summed E-state index contributed by atoms with van der Waals surface area (Å²) in [6, 6.07) is 11.7. The van der Waals surface area contributed by atoms with Crippen LogP contribution in [-0.2, 0) is 13.5 Å². The topological polar surface area (TPSA) is 53.6 Å². The van der Waals surface area contributed by atoms with Crippen molar-refractivity contribution in [1.82, 2.24) is 9.78 Å². The Morgan fingerprint density at radius 1 is 1.35 bits per heavy atom. The van der Waals surface area contributed by atoms with Gasteiger partial charge in [0.2, 0.25) is 0 Å². The van der Waals surface area contributed by atoms with Gasteiger partial charge in [-0.3, -0.25) is 4.68 Å². The summed E-state index contributed by atoms with van der Waals surface area (Å²) in [7, 11) is 1.93. The molecule has 0 saturated carbocycles. The minimum atomic E-state index is 0.678. The van der Waals surface area contributed by atoms with E-state index < -0.39 is 0 Å². The molecule has 0 aliphatic carbocycles. The molecule has 0 saturated heterocycles. The predicted octanol–water partition coefficient (Wildman–Crippen LogP) is 1.95. The van der Waals surface area contributed by atoms with Crippen LogP contribution in [0.15, 0.2) is 36.5 Å². The Balaban J connectivity index is 1.95. The smallest absolute Gasteiger partial charge is 0.101 e. The van der Waals surface area contributed by atoms with Gasteiger partial charge in [0.15, 0.2) is 0 Å². The second kappa shape index (κ2) is 5.17. The van der Waals surface area contributed by atoms with E-state index in [2.05, 4.69) is 16.5 Å². The molecule has 1 N–H and O–H groups in total. The maximum absolute atomic E-state index is 8.94. The molecule has 1 aromatic heterocycles. The molecule has 17 heavy (non-hydrogen) atoms. The Morgan fingerprint density at radius 3 is 2.88 bits per heavy atom. The van der Waals surface area contributed by atoms with Crippen molar-refractivity contribution in [3.63, 3.8) is 0 Å². The molecule has 0 fully saturated rings. The van der Waals surface area contributed by atoms with Gasteiger partial charge < -0.3 is 5.32 Å². The summed E-state index contributed by atoms with van der Waals surface area (Å²) in [5, 5.41) is 16.3. The summed E-state index contributed by atoms with van der Waals surface area (Å²) in [6.45, 7) is 0.790. The minimum absolute atomic E-state index is 0.678. The fourth-order valence-corrected chi connectivity index (χ4v) is 1.71. The standard InChI is InChI=1S/C13H14N4/c1-17-12(7-9-16-17)6-8-15-13-5-3-2-4-11(13)10-14/h2-5,7,9,15H,6,8H2,1H3. The molecule has 0 aliphatic rings. The third-order valence-corrected chi connectivity index (χ3v) is 2.67. The van der Waals surface area contributed by atoms with Crippen LogP contribution >= 0.6 is 0 Å². The van der Waals surface area contributed by atoms with Crippen molar-refractivity contribution in [1.29, 1.82) is 5.26 Å². The van der Waals surface area contributed by atoms with E-state index in [-0.39, 0.29) is 0 Å². The normalized spacial score (nSPS) is 9.88. The second-order valence-electron chi connectivity index (χ2n) is 3.78. The monoisotopic (exact) mass is 226 g/mol. The Hall–Kier alpha value is -2.28. The number of para-hydroxylation sites is 1. The number of nitrogens with zero attached hydrogens (tertiary/aromatic N) is 3. The van der Waals surface area contributed by atoms with Crippen LogP contribution in [0.2, 0.25) is 0 Å². The lowest BCUT2D eigenvalue weighted by Crippen LogP contribution is -2.09. The van der Waals surface area contributed by atoms with Gasteiger partial charge in [-0.2, -0.15) is 10.4 Å². The summed E-state index contributed by atoms with van der Waals surface area (Å²) in [6.07, 6.45) is 2.68. The Labute approximate surface area is 100 Å². The predicted molar refractivity (Wildman–Crippen MR) is 66.6 cm³/mol. The van der Waals surface area contributed by atoms with Crippen molar-refractivity contribution in [3.05, 3.63) is 47.8 Å². The van der Waals surface area contributed by atoms with Crippen LogP contribution in [0, 0.1) is 11.3 Å². The number of benzene rings is 1. The molecule has 0 radical (unpaired) electrons. The highest BCUT2D eigenvalue weighted by Crippen LogP contribution is 2.13. The fourth-order valence-electron chi connectivity index (χ4n) is 1.71. The van der Waals surface area contributed by atoms with E-state index in [9.17, 15) is 0 Å². The van der Waals surface area contributed by atoms with E-state index in [4.69, 9.17) is 5.26 Å². The molecule has 2 aromatic rings. The molecule has 1 heterocycles. The summed E-state index contributed by atoms with van der Waals surface area (Å²) < 4.78 is 1.86. The maximum atomic E-state index is 8.94. The number of nitrogens with one attached hydrogen (secondary N) is 1. The van der Waals surface area contributed by atoms with E-state index >= 15 is 0 Å². The number of aryl methyl sites for hydroxylation is 1. The Kier molecular flexibility index (Phi) is 3.41. The van der Waals surface area contributed by atoms with E-state index in [1.807, 2.05) is 42.1 Å². The molecule has 0 aliphatic heterocycles. The zero-order valence-electron chi connectivity index (χ0n) is 9.72. The highest BCUT2D eigenvalue weighted by atomic mass is 15.3. The van der Waals surface area contributed by atoms with Gasteiger partial charge >= 0.3 is 0 Å². The van der Waals surface area contributed by atoms with E-state index in [0.29, 0.717) is 5.56 Å². The molecule has 86 valence electrons. The van der Waals surface area contributed by atoms with Crippen LogP contribution in [0.25, 0.3) is 0 Å². The molecule has 0 bridgehead atoms. The van der Waals surface area contributed by atoms with Crippen molar-refractivity contribution in [2.24, 2.45) is 7.05 Å². The van der Waals surface area contributed by atoms with Gasteiger partial charge in [0, 0.05) is 31.9 Å². The fraction of sp³-hybridized carbons (Fsp3) is 0.231. The van der Waals surface area contributed by atoms with E-state index in [1.165, 1.54) is 5.69 Å². The summed E-state index contributed by atoms with van der Waals surface area (Å²) >= 11 is 0. The quantitative estimate of drug-likeness (QED) is 0.866. The Bertz CT molecular complexity index is 536. The summed E-state index contributed by atoms with van der Waals surface area (Å²) in [5.41, 5.74) is 2.74. The van der Waals surface area contributed by atoms with Gasteiger partial charge in [-0.25, -0.2) is 0 Å². The summed E-state index contributed by atoms with van der Waals surface area (Å²) in [5.74, 6) is 0. The van der Waals surface area contributed by atoms with Gasteiger partial charge in [0.25, 0.3) is 0 Å². The minimum Gasteiger partial charge on any atom is -0.384 e. The van der Waals surface area contributed by atoms with Crippen LogP contribution in [-0.4, -0.2) is 16.3 Å². The molecule has 1 aromatic carbocycles. The van der Waals surface area contributed by atoms with E-state index in [0.717, 1.165) is 18.7 Å². The molecule has 0 atom stereocenters. The molecule has 0 spiro atoms. The SMILES string of the molecule is Cn1nccc1CCNc1ccccc1C#N. The number of rotatable bonds is 4. The summed E-state index contributed by atoms with van der Waals surface area (Å²) in [4.78, 5) is 0. The van der Waals surface area contributed by atoms with Gasteiger partial charge in [0.1, 0.15) is 6.07 Å². The van der Waals surface area contributed by atoms with Gasteiger partial charge in [-0.1, -0.05) is 12.1 Å². The molecule has 2 rings (SSSR count). The highest BCUT2D eigenvalue weighted by molar-refractivity contribution is 5.57. The zero-order valence-corrected chi connectivity index (χ0v) is 9.72. The lowest BCUT2D eigenvalue weighted by Gasteiger charge is -2.07. The maximum Gasteiger partial charge on any atom is 0.101 e. The number of nitriles is 1. The third kappa shape index (κ3) is 2.64. The first-order chi connectivity index (χ1) is 8.31. The Morgan fingerprint density at radius 2 is 2.18 bits per heavy atom. The highest BCUT2D eigenvalue weighted by Gasteiger charge is 2.01. The average molecular weight is 226 g/mol. The molecular formula is C13H14N4. The van der Waals surface area contributed by atoms with Crippen LogP contribution < -0.4 is 5.32 Å². The first kappa shape index (κ1) is 11.2. The van der Waals surface area contributed by atoms with E-state index in [1.54, 1.807) is 6.20 Å². The van der Waals surface area contributed by atoms with Gasteiger partial charge in [0.05, 0.1) is 11.3 Å². The van der Waals surface area contributed by atoms with Crippen LogP contribution in [0.3, 0.4) is 0 Å². The third-order valence-electron chi connectivity index (χ3n) is 2.67. The van der Waals surface area contributed by atoms with Crippen molar-refractivity contribution in [2.75, 3.05) is 11.9 Å². The molecule has 4 nitrogen and oxygen atoms in total. The number of aromatic nitrogens is 2. The van der Waals surface area contributed by atoms with Crippen LogP contribution in [0.4, 0.5) is 5.69 Å². The number of anilines is 1. The van der Waals surface area contributed by atoms with Crippen LogP contribution in [0.5, 0.6) is 0 Å². The van der Waals surface area contributed by atoms with Crippen molar-refractivity contribution in [2.45, 2.75) is 6.42 Å². The molecular weight excluding hydrogens is 212 g/mol. The lowest BCUT2D eigenvalue weighted by molar-refractivity contribution is 0.711. The van der Waals surface area contributed by atoms with Crippen molar-refractivity contribution < 1.29 is 0 Å². The first-order valence-corrected chi connectivity index (χ1v) is 5.51. The number of hydrogen-bond donors (Lipinski definition) is 1. The van der Waals surface area contributed by atoms with Crippen molar-refractivity contribution >= 4 is 5.69 Å². The average Bonchev–Trinajstić information content (AvgIpc) is 2.76. The first-order valence-electron chi connectivity index (χ1n) is 5.51. The van der Waals surface area contributed by atoms with Crippen molar-refractivity contribution in [3.8, 4) is 6.07 Å². The van der Waals surface area contributed by atoms with Crippen LogP contribution in [0.1, 0.15) is 11.3 Å². The molecule has 0 unspecified atom stereocenters. The molecule has 4 heteroatoms. The second-order valence-corrected chi connectivity index (χ2v) is 3.78. The largest absolute Gasteiger partial charge is 0.384 e. The van der Waals surface area contributed by atoms with Gasteiger partial charge in [-0.15, -0.1) is 0 Å².